The summed E-state index contributed by atoms with van der Waals surface area (Å²) in [5.41, 5.74) is 0.781. The quantitative estimate of drug-likeness (QED) is 0.747. The van der Waals surface area contributed by atoms with Crippen LogP contribution in [0.15, 0.2) is 53.4 Å². The molecule has 0 aliphatic heterocycles. The van der Waals surface area contributed by atoms with Crippen molar-refractivity contribution in [2.45, 2.75) is 24.0 Å². The van der Waals surface area contributed by atoms with Crippen LogP contribution in [-0.4, -0.2) is 36.2 Å². The Morgan fingerprint density at radius 1 is 0.769 bits per heavy atom. The van der Waals surface area contributed by atoms with Gasteiger partial charge in [0.2, 0.25) is 10.0 Å². The van der Waals surface area contributed by atoms with Gasteiger partial charge in [0.1, 0.15) is 5.82 Å². The summed E-state index contributed by atoms with van der Waals surface area (Å²) in [5, 5.41) is -0.575. The lowest BCUT2D eigenvalue weighted by atomic mass is 10.3. The van der Waals surface area contributed by atoms with Crippen molar-refractivity contribution in [3.05, 3.63) is 54.3 Å². The van der Waals surface area contributed by atoms with Crippen LogP contribution in [0.3, 0.4) is 0 Å². The van der Waals surface area contributed by atoms with E-state index in [1.807, 2.05) is 0 Å². The molecule has 0 aromatic heterocycles. The molecule has 0 radical (unpaired) electrons. The smallest absolute Gasteiger partial charge is 0.264 e. The SMILES string of the molecule is CC(C)S(=O)(=O)N(C)c1ccc(N(C)S(=O)(=O)c2ccc(F)cc2)cc1. The van der Waals surface area contributed by atoms with E-state index in [0.717, 1.165) is 20.7 Å². The summed E-state index contributed by atoms with van der Waals surface area (Å²) in [5.74, 6) is -0.523. The molecule has 0 bridgehead atoms. The van der Waals surface area contributed by atoms with Crippen molar-refractivity contribution in [3.8, 4) is 0 Å². The largest absolute Gasteiger partial charge is 0.273 e. The molecule has 2 aromatic carbocycles. The molecule has 0 saturated heterocycles. The maximum Gasteiger partial charge on any atom is 0.264 e. The maximum absolute atomic E-state index is 13.0. The molecule has 0 amide bonds. The normalized spacial score (nSPS) is 12.2. The van der Waals surface area contributed by atoms with Gasteiger partial charge in [-0.05, 0) is 62.4 Å². The molecule has 0 aliphatic rings. The zero-order chi connectivity index (χ0) is 19.7. The van der Waals surface area contributed by atoms with Crippen molar-refractivity contribution in [3.63, 3.8) is 0 Å². The molecule has 0 fully saturated rings. The van der Waals surface area contributed by atoms with Crippen LogP contribution in [0.25, 0.3) is 0 Å². The Morgan fingerprint density at radius 3 is 1.62 bits per heavy atom. The van der Waals surface area contributed by atoms with Crippen LogP contribution in [-0.2, 0) is 20.0 Å². The van der Waals surface area contributed by atoms with Crippen LogP contribution in [0.5, 0.6) is 0 Å². The molecule has 0 N–H and O–H groups in total. The van der Waals surface area contributed by atoms with Crippen molar-refractivity contribution in [2.75, 3.05) is 22.7 Å². The maximum atomic E-state index is 13.0. The lowest BCUT2D eigenvalue weighted by molar-refractivity contribution is 0.585. The third kappa shape index (κ3) is 3.83. The molecule has 0 unspecified atom stereocenters. The van der Waals surface area contributed by atoms with Gasteiger partial charge in [0, 0.05) is 14.1 Å². The first-order chi connectivity index (χ1) is 12.0. The third-order valence-electron chi connectivity index (χ3n) is 4.03. The summed E-state index contributed by atoms with van der Waals surface area (Å²) in [6.07, 6.45) is 0. The molecule has 26 heavy (non-hydrogen) atoms. The van der Waals surface area contributed by atoms with E-state index >= 15 is 0 Å². The fourth-order valence-electron chi connectivity index (χ4n) is 2.24. The van der Waals surface area contributed by atoms with Crippen LogP contribution in [0.4, 0.5) is 15.8 Å². The first kappa shape index (κ1) is 20.2. The minimum Gasteiger partial charge on any atom is -0.273 e. The van der Waals surface area contributed by atoms with E-state index in [1.165, 1.54) is 50.5 Å². The monoisotopic (exact) mass is 400 g/mol. The van der Waals surface area contributed by atoms with Gasteiger partial charge in [-0.25, -0.2) is 21.2 Å². The number of benzene rings is 2. The Kier molecular flexibility index (Phi) is 5.62. The van der Waals surface area contributed by atoms with E-state index < -0.39 is 31.1 Å². The number of halogens is 1. The fraction of sp³-hybridized carbons (Fsp3) is 0.294. The lowest BCUT2D eigenvalue weighted by Crippen LogP contribution is -2.33. The Hall–Kier alpha value is -2.13. The minimum absolute atomic E-state index is 0.0371. The highest BCUT2D eigenvalue weighted by Crippen LogP contribution is 2.26. The zero-order valence-corrected chi connectivity index (χ0v) is 16.6. The summed E-state index contributed by atoms with van der Waals surface area (Å²) >= 11 is 0. The Balaban J connectivity index is 2.31. The number of anilines is 2. The van der Waals surface area contributed by atoms with Crippen LogP contribution < -0.4 is 8.61 Å². The van der Waals surface area contributed by atoms with Crippen molar-refractivity contribution < 1.29 is 21.2 Å². The second kappa shape index (κ2) is 7.24. The van der Waals surface area contributed by atoms with Crippen molar-refractivity contribution in [2.24, 2.45) is 0 Å². The van der Waals surface area contributed by atoms with Gasteiger partial charge in [-0.15, -0.1) is 0 Å². The van der Waals surface area contributed by atoms with E-state index in [4.69, 9.17) is 0 Å². The van der Waals surface area contributed by atoms with Gasteiger partial charge >= 0.3 is 0 Å². The highest BCUT2D eigenvalue weighted by Gasteiger charge is 2.24. The third-order valence-corrected chi connectivity index (χ3v) is 7.99. The van der Waals surface area contributed by atoms with E-state index in [1.54, 1.807) is 13.8 Å². The van der Waals surface area contributed by atoms with Gasteiger partial charge < -0.3 is 0 Å². The fourth-order valence-corrected chi connectivity index (χ4v) is 4.48. The van der Waals surface area contributed by atoms with Crippen molar-refractivity contribution in [1.29, 1.82) is 0 Å². The molecule has 2 rings (SSSR count). The first-order valence-corrected chi connectivity index (χ1v) is 10.7. The van der Waals surface area contributed by atoms with Gasteiger partial charge in [0.25, 0.3) is 10.0 Å². The number of sulfonamides is 2. The Bertz CT molecular complexity index is 970. The topological polar surface area (TPSA) is 74.8 Å². The van der Waals surface area contributed by atoms with Gasteiger partial charge in [-0.2, -0.15) is 0 Å². The summed E-state index contributed by atoms with van der Waals surface area (Å²) < 4.78 is 64.9. The second-order valence-electron chi connectivity index (χ2n) is 6.00. The standard InChI is InChI=1S/C17H21FN2O4S2/c1-13(2)25(21,22)19(3)15-7-9-16(10-8-15)20(4)26(23,24)17-11-5-14(18)6-12-17/h5-13H,1-4H3. The molecule has 142 valence electrons. The predicted octanol–water partition coefficient (Wildman–Crippen LogP) is 2.83. The first-order valence-electron chi connectivity index (χ1n) is 7.80. The molecule has 9 heteroatoms. The molecular formula is C17H21FN2O4S2. The highest BCUT2D eigenvalue weighted by molar-refractivity contribution is 7.93. The lowest BCUT2D eigenvalue weighted by Gasteiger charge is -2.23. The number of nitrogens with zero attached hydrogens (tertiary/aromatic N) is 2. The average molecular weight is 400 g/mol. The molecular weight excluding hydrogens is 379 g/mol. The van der Waals surface area contributed by atoms with Gasteiger partial charge in [-0.3, -0.25) is 8.61 Å². The van der Waals surface area contributed by atoms with E-state index in [0.29, 0.717) is 11.4 Å². The minimum atomic E-state index is -3.85. The summed E-state index contributed by atoms with van der Waals surface area (Å²) in [6.45, 7) is 3.17. The summed E-state index contributed by atoms with van der Waals surface area (Å²) in [7, 11) is -4.50. The molecule has 0 spiro atoms. The van der Waals surface area contributed by atoms with Gasteiger partial charge in [0.15, 0.2) is 0 Å². The van der Waals surface area contributed by atoms with E-state index in [9.17, 15) is 21.2 Å². The summed E-state index contributed by atoms with van der Waals surface area (Å²) in [6, 6.07) is 10.6. The summed E-state index contributed by atoms with van der Waals surface area (Å²) in [4.78, 5) is -0.0371. The van der Waals surface area contributed by atoms with E-state index in [2.05, 4.69) is 0 Å². The molecule has 0 atom stereocenters. The molecule has 0 saturated carbocycles. The number of hydrogen-bond donors (Lipinski definition) is 0. The van der Waals surface area contributed by atoms with Gasteiger partial charge in [-0.1, -0.05) is 0 Å². The Labute approximate surface area is 154 Å². The molecule has 2 aromatic rings. The Morgan fingerprint density at radius 2 is 1.19 bits per heavy atom. The predicted molar refractivity (Wildman–Crippen MR) is 101 cm³/mol. The molecule has 0 aliphatic carbocycles. The van der Waals surface area contributed by atoms with Crippen LogP contribution in [0.2, 0.25) is 0 Å². The zero-order valence-electron chi connectivity index (χ0n) is 14.9. The molecule has 0 heterocycles. The molecule has 6 nitrogen and oxygen atoms in total. The van der Waals surface area contributed by atoms with Crippen LogP contribution in [0, 0.1) is 5.82 Å². The van der Waals surface area contributed by atoms with Crippen LogP contribution in [0.1, 0.15) is 13.8 Å². The van der Waals surface area contributed by atoms with E-state index in [-0.39, 0.29) is 4.90 Å². The number of rotatable bonds is 6. The van der Waals surface area contributed by atoms with Crippen LogP contribution >= 0.6 is 0 Å². The second-order valence-corrected chi connectivity index (χ2v) is 10.5. The van der Waals surface area contributed by atoms with Crippen molar-refractivity contribution in [1.82, 2.24) is 0 Å². The highest BCUT2D eigenvalue weighted by atomic mass is 32.2. The van der Waals surface area contributed by atoms with Gasteiger partial charge in [0.05, 0.1) is 21.5 Å². The van der Waals surface area contributed by atoms with Crippen molar-refractivity contribution >= 4 is 31.4 Å². The number of hydrogen-bond acceptors (Lipinski definition) is 4. The average Bonchev–Trinajstić information content (AvgIpc) is 2.60.